The number of halogens is 1. The second kappa shape index (κ2) is 7.64. The Kier molecular flexibility index (Phi) is 6.12. The van der Waals surface area contributed by atoms with Crippen molar-refractivity contribution in [2.45, 2.75) is 65.0 Å². The lowest BCUT2D eigenvalue weighted by Gasteiger charge is -2.27. The first-order chi connectivity index (χ1) is 9.96. The van der Waals surface area contributed by atoms with Crippen LogP contribution in [0.15, 0.2) is 22.7 Å². The molecule has 0 atom stereocenters. The van der Waals surface area contributed by atoms with Gasteiger partial charge in [-0.15, -0.1) is 0 Å². The SMILES string of the molecule is CC(C)(C)NCc1ccc(N2CCCCCCC2)cc1Br. The summed E-state index contributed by atoms with van der Waals surface area (Å²) in [6, 6.07) is 6.84. The fraction of sp³-hybridized carbons (Fsp3) is 0.667. The van der Waals surface area contributed by atoms with Gasteiger partial charge in [0, 0.05) is 35.3 Å². The van der Waals surface area contributed by atoms with E-state index in [1.165, 1.54) is 60.9 Å². The van der Waals surface area contributed by atoms with Gasteiger partial charge in [0.2, 0.25) is 0 Å². The van der Waals surface area contributed by atoms with Crippen LogP contribution in [0.25, 0.3) is 0 Å². The molecule has 1 aromatic rings. The summed E-state index contributed by atoms with van der Waals surface area (Å²) in [5.74, 6) is 0. The zero-order chi connectivity index (χ0) is 15.3. The summed E-state index contributed by atoms with van der Waals surface area (Å²) in [6.07, 6.45) is 6.82. The first-order valence-corrected chi connectivity index (χ1v) is 9.03. The second-order valence-electron chi connectivity index (χ2n) is 7.13. The minimum Gasteiger partial charge on any atom is -0.372 e. The van der Waals surface area contributed by atoms with Crippen molar-refractivity contribution in [3.05, 3.63) is 28.2 Å². The summed E-state index contributed by atoms with van der Waals surface area (Å²) in [6.45, 7) is 9.92. The number of hydrogen-bond acceptors (Lipinski definition) is 2. The van der Waals surface area contributed by atoms with E-state index in [0.717, 1.165) is 6.54 Å². The van der Waals surface area contributed by atoms with Crippen molar-refractivity contribution in [2.24, 2.45) is 0 Å². The zero-order valence-corrected chi connectivity index (χ0v) is 15.3. The van der Waals surface area contributed by atoms with Gasteiger partial charge in [-0.2, -0.15) is 0 Å². The number of hydrogen-bond donors (Lipinski definition) is 1. The van der Waals surface area contributed by atoms with Gasteiger partial charge in [0.15, 0.2) is 0 Å². The molecule has 0 saturated carbocycles. The highest BCUT2D eigenvalue weighted by Gasteiger charge is 2.13. The summed E-state index contributed by atoms with van der Waals surface area (Å²) in [7, 11) is 0. The van der Waals surface area contributed by atoms with Gasteiger partial charge in [0.25, 0.3) is 0 Å². The van der Waals surface area contributed by atoms with E-state index in [1.807, 2.05) is 0 Å². The molecule has 0 radical (unpaired) electrons. The van der Waals surface area contributed by atoms with Gasteiger partial charge < -0.3 is 10.2 Å². The lowest BCUT2D eigenvalue weighted by molar-refractivity contribution is 0.424. The predicted octanol–water partition coefficient (Wildman–Crippen LogP) is 5.11. The van der Waals surface area contributed by atoms with Crippen LogP contribution in [-0.4, -0.2) is 18.6 Å². The monoisotopic (exact) mass is 352 g/mol. The van der Waals surface area contributed by atoms with E-state index in [4.69, 9.17) is 0 Å². The highest BCUT2D eigenvalue weighted by molar-refractivity contribution is 9.10. The Morgan fingerprint density at radius 2 is 1.67 bits per heavy atom. The third-order valence-electron chi connectivity index (χ3n) is 4.07. The molecule has 1 aliphatic rings. The zero-order valence-electron chi connectivity index (χ0n) is 13.7. The van der Waals surface area contributed by atoms with Crippen LogP contribution in [-0.2, 0) is 6.54 Å². The molecule has 0 unspecified atom stereocenters. The maximum atomic E-state index is 3.75. The van der Waals surface area contributed by atoms with E-state index in [1.54, 1.807) is 0 Å². The Morgan fingerprint density at radius 1 is 1.05 bits per heavy atom. The Hall–Kier alpha value is -0.540. The Bertz CT molecular complexity index is 443. The van der Waals surface area contributed by atoms with Crippen molar-refractivity contribution >= 4 is 21.6 Å². The molecule has 21 heavy (non-hydrogen) atoms. The smallest absolute Gasteiger partial charge is 0.0377 e. The number of nitrogens with one attached hydrogen (secondary N) is 1. The Labute approximate surface area is 138 Å². The Balaban J connectivity index is 2.03. The molecule has 1 aliphatic heterocycles. The summed E-state index contributed by atoms with van der Waals surface area (Å²) in [5, 5.41) is 3.55. The van der Waals surface area contributed by atoms with Gasteiger partial charge in [0.1, 0.15) is 0 Å². The van der Waals surface area contributed by atoms with Crippen LogP contribution in [0.5, 0.6) is 0 Å². The number of nitrogens with zero attached hydrogens (tertiary/aromatic N) is 1. The molecule has 1 N–H and O–H groups in total. The molecule has 1 saturated heterocycles. The standard InChI is InChI=1S/C18H29BrN2/c1-18(2,3)20-14-15-9-10-16(13-17(15)19)21-11-7-5-4-6-8-12-21/h9-10,13,20H,4-8,11-12,14H2,1-3H3. The largest absolute Gasteiger partial charge is 0.372 e. The molecule has 1 fully saturated rings. The summed E-state index contributed by atoms with van der Waals surface area (Å²) in [4.78, 5) is 2.55. The van der Waals surface area contributed by atoms with E-state index in [2.05, 4.69) is 65.1 Å². The fourth-order valence-electron chi connectivity index (χ4n) is 2.74. The molecule has 0 aliphatic carbocycles. The van der Waals surface area contributed by atoms with E-state index in [-0.39, 0.29) is 5.54 Å². The van der Waals surface area contributed by atoms with Crippen LogP contribution in [0.2, 0.25) is 0 Å². The van der Waals surface area contributed by atoms with Crippen molar-refractivity contribution in [3.8, 4) is 0 Å². The lowest BCUT2D eigenvalue weighted by Crippen LogP contribution is -2.35. The molecule has 0 amide bonds. The lowest BCUT2D eigenvalue weighted by atomic mass is 10.1. The topological polar surface area (TPSA) is 15.3 Å². The molecule has 2 rings (SSSR count). The molecule has 3 heteroatoms. The van der Waals surface area contributed by atoms with Gasteiger partial charge in [-0.25, -0.2) is 0 Å². The molecule has 0 aromatic heterocycles. The van der Waals surface area contributed by atoms with Gasteiger partial charge in [-0.3, -0.25) is 0 Å². The van der Waals surface area contributed by atoms with Crippen molar-refractivity contribution in [1.82, 2.24) is 5.32 Å². The average Bonchev–Trinajstić information content (AvgIpc) is 2.36. The minimum atomic E-state index is 0.154. The second-order valence-corrected chi connectivity index (χ2v) is 7.99. The quantitative estimate of drug-likeness (QED) is 0.813. The Morgan fingerprint density at radius 3 is 2.24 bits per heavy atom. The van der Waals surface area contributed by atoms with Gasteiger partial charge >= 0.3 is 0 Å². The van der Waals surface area contributed by atoms with Crippen LogP contribution in [0.3, 0.4) is 0 Å². The van der Waals surface area contributed by atoms with Crippen molar-refractivity contribution < 1.29 is 0 Å². The predicted molar refractivity (Wildman–Crippen MR) is 96.0 cm³/mol. The number of anilines is 1. The van der Waals surface area contributed by atoms with Crippen molar-refractivity contribution in [1.29, 1.82) is 0 Å². The van der Waals surface area contributed by atoms with Crippen molar-refractivity contribution in [3.63, 3.8) is 0 Å². The third-order valence-corrected chi connectivity index (χ3v) is 4.81. The van der Waals surface area contributed by atoms with E-state index in [9.17, 15) is 0 Å². The number of rotatable bonds is 3. The maximum Gasteiger partial charge on any atom is 0.0377 e. The minimum absolute atomic E-state index is 0.154. The highest BCUT2D eigenvalue weighted by atomic mass is 79.9. The van der Waals surface area contributed by atoms with E-state index >= 15 is 0 Å². The molecule has 1 aromatic carbocycles. The fourth-order valence-corrected chi connectivity index (χ4v) is 3.25. The van der Waals surface area contributed by atoms with Gasteiger partial charge in [-0.1, -0.05) is 41.3 Å². The first-order valence-electron chi connectivity index (χ1n) is 8.24. The molecule has 1 heterocycles. The summed E-state index contributed by atoms with van der Waals surface area (Å²) in [5.41, 5.74) is 2.85. The molecule has 118 valence electrons. The summed E-state index contributed by atoms with van der Waals surface area (Å²) < 4.78 is 1.22. The molecular formula is C18H29BrN2. The van der Waals surface area contributed by atoms with Gasteiger partial charge in [-0.05, 0) is 51.3 Å². The first kappa shape index (κ1) is 16.8. The molecule has 0 spiro atoms. The van der Waals surface area contributed by atoms with Crippen molar-refractivity contribution in [2.75, 3.05) is 18.0 Å². The molecule has 0 bridgehead atoms. The van der Waals surface area contributed by atoms with Crippen LogP contribution < -0.4 is 10.2 Å². The highest BCUT2D eigenvalue weighted by Crippen LogP contribution is 2.26. The van der Waals surface area contributed by atoms with Crippen LogP contribution in [0.1, 0.15) is 58.4 Å². The van der Waals surface area contributed by atoms with E-state index in [0.29, 0.717) is 0 Å². The third kappa shape index (κ3) is 5.63. The molecular weight excluding hydrogens is 324 g/mol. The van der Waals surface area contributed by atoms with E-state index < -0.39 is 0 Å². The summed E-state index contributed by atoms with van der Waals surface area (Å²) >= 11 is 3.75. The van der Waals surface area contributed by atoms with Crippen LogP contribution in [0, 0.1) is 0 Å². The normalized spacial score (nSPS) is 17.4. The van der Waals surface area contributed by atoms with Crippen LogP contribution >= 0.6 is 15.9 Å². The number of benzene rings is 1. The molecule has 2 nitrogen and oxygen atoms in total. The van der Waals surface area contributed by atoms with Gasteiger partial charge in [0.05, 0.1) is 0 Å². The maximum absolute atomic E-state index is 3.75. The average molecular weight is 353 g/mol. The van der Waals surface area contributed by atoms with Crippen LogP contribution in [0.4, 0.5) is 5.69 Å².